The summed E-state index contributed by atoms with van der Waals surface area (Å²) in [4.78, 5) is 38.4. The number of carbonyl (C=O) groups excluding carboxylic acids is 3. The van der Waals surface area contributed by atoms with Gasteiger partial charge in [-0.25, -0.2) is 0 Å². The molecule has 6 heteroatoms. The van der Waals surface area contributed by atoms with E-state index in [0.717, 1.165) is 64.2 Å². The molecule has 0 aliphatic rings. The molecule has 0 heterocycles. The molecule has 1 atom stereocenters. The summed E-state index contributed by atoms with van der Waals surface area (Å²) < 4.78 is 17.0. The van der Waals surface area contributed by atoms with Crippen LogP contribution in [0.25, 0.3) is 0 Å². The maximum Gasteiger partial charge on any atom is 0.306 e. The van der Waals surface area contributed by atoms with Crippen LogP contribution in [0.15, 0.2) is 12.2 Å². The molecule has 0 aliphatic heterocycles. The maximum atomic E-state index is 12.9. The average molecular weight is 1070 g/mol. The second-order valence-corrected chi connectivity index (χ2v) is 23.8. The predicted octanol–water partition coefficient (Wildman–Crippen LogP) is 23.6. The Morgan fingerprint density at radius 3 is 0.658 bits per heavy atom. The third kappa shape index (κ3) is 63.0. The second-order valence-electron chi connectivity index (χ2n) is 23.8. The molecule has 0 rings (SSSR count). The first-order valence-electron chi connectivity index (χ1n) is 34.7. The lowest BCUT2D eigenvalue weighted by atomic mass is 10.0. The van der Waals surface area contributed by atoms with Gasteiger partial charge in [-0.05, 0) is 44.9 Å². The van der Waals surface area contributed by atoms with E-state index in [1.165, 1.54) is 295 Å². The normalized spacial score (nSPS) is 12.0. The molecule has 0 aromatic heterocycles. The van der Waals surface area contributed by atoms with E-state index in [0.29, 0.717) is 19.3 Å². The van der Waals surface area contributed by atoms with Crippen molar-refractivity contribution >= 4 is 17.9 Å². The standard InChI is InChI=1S/C70H134O6/c1-4-7-10-13-16-19-22-25-28-31-33-35-36-38-39-42-45-48-51-54-57-60-63-69(72)75-66-67(65-74-68(71)62-59-56-53-50-47-44-41-30-27-24-21-18-15-12-9-6-3)76-70(73)64-61-58-55-52-49-46-43-40-37-34-32-29-26-23-20-17-14-11-8-5-2/h30,41,67H,4-29,31-40,42-66H2,1-3H3/b41-30-. The van der Waals surface area contributed by atoms with Gasteiger partial charge in [0.25, 0.3) is 0 Å². The number of hydrogen-bond acceptors (Lipinski definition) is 6. The lowest BCUT2D eigenvalue weighted by molar-refractivity contribution is -0.167. The van der Waals surface area contributed by atoms with Gasteiger partial charge in [0, 0.05) is 19.3 Å². The zero-order chi connectivity index (χ0) is 55.0. The summed E-state index contributed by atoms with van der Waals surface area (Å²) in [6.45, 7) is 6.72. The zero-order valence-corrected chi connectivity index (χ0v) is 51.8. The van der Waals surface area contributed by atoms with Crippen LogP contribution in [0.5, 0.6) is 0 Å². The molecule has 6 nitrogen and oxygen atoms in total. The first-order chi connectivity index (χ1) is 37.5. The van der Waals surface area contributed by atoms with Crippen molar-refractivity contribution < 1.29 is 28.6 Å². The Bertz CT molecular complexity index is 1180. The van der Waals surface area contributed by atoms with Gasteiger partial charge < -0.3 is 14.2 Å². The number of carbonyl (C=O) groups is 3. The minimum Gasteiger partial charge on any atom is -0.462 e. The Morgan fingerprint density at radius 1 is 0.250 bits per heavy atom. The Balaban J connectivity index is 4.27. The van der Waals surface area contributed by atoms with Gasteiger partial charge in [-0.15, -0.1) is 0 Å². The van der Waals surface area contributed by atoms with Gasteiger partial charge in [0.2, 0.25) is 0 Å². The highest BCUT2D eigenvalue weighted by atomic mass is 16.6. The lowest BCUT2D eigenvalue weighted by Crippen LogP contribution is -2.30. The van der Waals surface area contributed by atoms with E-state index < -0.39 is 6.10 Å². The molecular formula is C70H134O6. The number of hydrogen-bond donors (Lipinski definition) is 0. The smallest absolute Gasteiger partial charge is 0.306 e. The van der Waals surface area contributed by atoms with E-state index in [1.54, 1.807) is 0 Å². The van der Waals surface area contributed by atoms with Crippen molar-refractivity contribution in [3.8, 4) is 0 Å². The van der Waals surface area contributed by atoms with Gasteiger partial charge >= 0.3 is 17.9 Å². The molecule has 0 saturated heterocycles. The van der Waals surface area contributed by atoms with Crippen molar-refractivity contribution in [1.82, 2.24) is 0 Å². The average Bonchev–Trinajstić information content (AvgIpc) is 3.42. The van der Waals surface area contributed by atoms with Crippen LogP contribution >= 0.6 is 0 Å². The van der Waals surface area contributed by atoms with Crippen LogP contribution in [0.3, 0.4) is 0 Å². The van der Waals surface area contributed by atoms with Crippen molar-refractivity contribution in [2.45, 2.75) is 406 Å². The predicted molar refractivity (Wildman–Crippen MR) is 330 cm³/mol. The highest BCUT2D eigenvalue weighted by Gasteiger charge is 2.19. The Morgan fingerprint density at radius 2 is 0.434 bits per heavy atom. The van der Waals surface area contributed by atoms with Gasteiger partial charge in [-0.3, -0.25) is 14.4 Å². The van der Waals surface area contributed by atoms with Gasteiger partial charge in [-0.1, -0.05) is 348 Å². The molecule has 0 amide bonds. The van der Waals surface area contributed by atoms with Crippen LogP contribution in [-0.4, -0.2) is 37.2 Å². The summed E-state index contributed by atoms with van der Waals surface area (Å²) in [5, 5.41) is 0. The maximum absolute atomic E-state index is 12.9. The molecular weight excluding hydrogens is 937 g/mol. The highest BCUT2D eigenvalue weighted by molar-refractivity contribution is 5.71. The summed E-state index contributed by atoms with van der Waals surface area (Å²) in [6, 6.07) is 0. The lowest BCUT2D eigenvalue weighted by Gasteiger charge is -2.18. The fourth-order valence-corrected chi connectivity index (χ4v) is 10.8. The van der Waals surface area contributed by atoms with Crippen molar-refractivity contribution in [3.05, 3.63) is 12.2 Å². The van der Waals surface area contributed by atoms with E-state index in [-0.39, 0.29) is 31.1 Å². The van der Waals surface area contributed by atoms with Crippen molar-refractivity contribution in [1.29, 1.82) is 0 Å². The first-order valence-corrected chi connectivity index (χ1v) is 34.7. The molecule has 450 valence electrons. The van der Waals surface area contributed by atoms with E-state index in [2.05, 4.69) is 32.9 Å². The third-order valence-electron chi connectivity index (χ3n) is 16.0. The second kappa shape index (κ2) is 65.7. The number of unbranched alkanes of at least 4 members (excludes halogenated alkanes) is 52. The van der Waals surface area contributed by atoms with Crippen LogP contribution < -0.4 is 0 Å². The molecule has 76 heavy (non-hydrogen) atoms. The van der Waals surface area contributed by atoms with Crippen LogP contribution in [0, 0.1) is 0 Å². The van der Waals surface area contributed by atoms with Crippen molar-refractivity contribution in [2.75, 3.05) is 13.2 Å². The number of ether oxygens (including phenoxy) is 3. The van der Waals surface area contributed by atoms with Crippen molar-refractivity contribution in [2.24, 2.45) is 0 Å². The third-order valence-corrected chi connectivity index (χ3v) is 16.0. The summed E-state index contributed by atoms with van der Waals surface area (Å²) in [6.07, 6.45) is 78.0. The monoisotopic (exact) mass is 1070 g/mol. The van der Waals surface area contributed by atoms with Gasteiger partial charge in [0.15, 0.2) is 6.10 Å². The molecule has 0 aliphatic carbocycles. The number of allylic oxidation sites excluding steroid dienone is 2. The molecule has 0 spiro atoms. The minimum absolute atomic E-state index is 0.0656. The molecule has 0 radical (unpaired) electrons. The molecule has 0 aromatic carbocycles. The van der Waals surface area contributed by atoms with E-state index in [9.17, 15) is 14.4 Å². The van der Waals surface area contributed by atoms with Gasteiger partial charge in [0.1, 0.15) is 13.2 Å². The minimum atomic E-state index is -0.770. The Hall–Kier alpha value is -1.85. The summed E-state index contributed by atoms with van der Waals surface area (Å²) in [5.74, 6) is -0.838. The van der Waals surface area contributed by atoms with Crippen LogP contribution in [-0.2, 0) is 28.6 Å². The highest BCUT2D eigenvalue weighted by Crippen LogP contribution is 2.19. The molecule has 0 N–H and O–H groups in total. The van der Waals surface area contributed by atoms with E-state index in [1.807, 2.05) is 0 Å². The molecule has 0 aromatic rings. The van der Waals surface area contributed by atoms with E-state index in [4.69, 9.17) is 14.2 Å². The summed E-state index contributed by atoms with van der Waals surface area (Å²) in [5.41, 5.74) is 0. The molecule has 0 bridgehead atoms. The Kier molecular flexibility index (Phi) is 64.1. The fraction of sp³-hybridized carbons (Fsp3) is 0.929. The molecule has 1 unspecified atom stereocenters. The zero-order valence-electron chi connectivity index (χ0n) is 51.8. The SMILES string of the molecule is CCCCCCCCC/C=C\CCCCCCCC(=O)OCC(COC(=O)CCCCCCCCCCCCCCCCCCCCCCCC)OC(=O)CCCCCCCCCCCCCCCCCCCCCC. The van der Waals surface area contributed by atoms with Gasteiger partial charge in [0.05, 0.1) is 0 Å². The van der Waals surface area contributed by atoms with Crippen LogP contribution in [0.2, 0.25) is 0 Å². The topological polar surface area (TPSA) is 78.9 Å². The number of rotatable bonds is 65. The fourth-order valence-electron chi connectivity index (χ4n) is 10.8. The quantitative estimate of drug-likeness (QED) is 0.0261. The van der Waals surface area contributed by atoms with Crippen molar-refractivity contribution in [3.63, 3.8) is 0 Å². The number of esters is 3. The first kappa shape index (κ1) is 74.2. The van der Waals surface area contributed by atoms with E-state index >= 15 is 0 Å². The van der Waals surface area contributed by atoms with Crippen LogP contribution in [0.4, 0.5) is 0 Å². The summed E-state index contributed by atoms with van der Waals surface area (Å²) in [7, 11) is 0. The van der Waals surface area contributed by atoms with Crippen LogP contribution in [0.1, 0.15) is 400 Å². The Labute approximate surface area is 475 Å². The molecule has 0 fully saturated rings. The van der Waals surface area contributed by atoms with Gasteiger partial charge in [-0.2, -0.15) is 0 Å². The largest absolute Gasteiger partial charge is 0.462 e. The molecule has 0 saturated carbocycles. The summed E-state index contributed by atoms with van der Waals surface area (Å²) >= 11 is 0.